The van der Waals surface area contributed by atoms with Crippen LogP contribution in [-0.4, -0.2) is 58.6 Å². The third-order valence-electron chi connectivity index (χ3n) is 8.10. The number of benzene rings is 1. The third-order valence-corrected chi connectivity index (χ3v) is 8.10. The molecule has 11 heteroatoms. The minimum Gasteiger partial charge on any atom is -0.472 e. The number of nitrogens with zero attached hydrogens (tertiary/aromatic N) is 5. The first-order valence-electron chi connectivity index (χ1n) is 13.3. The maximum atomic E-state index is 13.1. The molecule has 3 aliphatic rings. The monoisotopic (exact) mass is 548 g/mol. The highest BCUT2D eigenvalue weighted by molar-refractivity contribution is 5.90. The Hall–Kier alpha value is -4.15. The molecule has 3 aromatic rings. The number of ether oxygens (including phenoxy) is 1. The first-order chi connectivity index (χ1) is 19.3. The molecule has 0 bridgehead atoms. The molecule has 1 aromatic carbocycles. The molecule has 208 valence electrons. The number of alkyl halides is 2. The smallest absolute Gasteiger partial charge is 0.280 e. The summed E-state index contributed by atoms with van der Waals surface area (Å²) in [7, 11) is 1.87. The number of halogens is 2. The van der Waals surface area contributed by atoms with E-state index in [2.05, 4.69) is 37.5 Å². The summed E-state index contributed by atoms with van der Waals surface area (Å²) in [6.45, 7) is 3.13. The van der Waals surface area contributed by atoms with Crippen molar-refractivity contribution in [1.29, 1.82) is 0 Å². The molecule has 4 heterocycles. The number of aromatic nitrogens is 3. The largest absolute Gasteiger partial charge is 0.472 e. The van der Waals surface area contributed by atoms with Gasteiger partial charge in [-0.2, -0.15) is 5.10 Å². The molecule has 40 heavy (non-hydrogen) atoms. The summed E-state index contributed by atoms with van der Waals surface area (Å²) in [4.78, 5) is 32.8. The maximum Gasteiger partial charge on any atom is 0.280 e. The molecule has 3 fully saturated rings. The average molecular weight is 549 g/mol. The Labute approximate surface area is 230 Å². The highest BCUT2D eigenvalue weighted by atomic mass is 19.3. The Morgan fingerprint density at radius 2 is 1.77 bits per heavy atom. The van der Waals surface area contributed by atoms with Crippen LogP contribution < -0.4 is 15.0 Å². The zero-order chi connectivity index (χ0) is 27.9. The SMILES string of the molecule is CN1CC2(CC1=O)CN(c1ccc(CNC(=O)C3(c4ccc(OCc5ccc(C(F)F)nc5)nn4)CC3)cc1)C2. The van der Waals surface area contributed by atoms with Crippen LogP contribution in [0.5, 0.6) is 5.88 Å². The Balaban J connectivity index is 0.989. The summed E-state index contributed by atoms with van der Waals surface area (Å²) in [6.07, 6.45) is 0.757. The highest BCUT2D eigenvalue weighted by Gasteiger charge is 2.53. The minimum absolute atomic E-state index is 0.0792. The maximum absolute atomic E-state index is 13.1. The fourth-order valence-corrected chi connectivity index (χ4v) is 5.62. The number of carbonyl (C=O) groups is 2. The summed E-state index contributed by atoms with van der Waals surface area (Å²) in [6, 6.07) is 14.4. The lowest BCUT2D eigenvalue weighted by atomic mass is 9.78. The van der Waals surface area contributed by atoms with Gasteiger partial charge in [0.1, 0.15) is 12.3 Å². The van der Waals surface area contributed by atoms with E-state index in [0.717, 1.165) is 30.9 Å². The van der Waals surface area contributed by atoms with Crippen molar-refractivity contribution in [2.45, 2.75) is 44.3 Å². The van der Waals surface area contributed by atoms with Gasteiger partial charge in [0.2, 0.25) is 17.7 Å². The lowest BCUT2D eigenvalue weighted by molar-refractivity contribution is -0.126. The molecule has 2 saturated heterocycles. The van der Waals surface area contributed by atoms with E-state index in [1.54, 1.807) is 12.1 Å². The number of likely N-dealkylation sites (tertiary alicyclic amines) is 1. The molecule has 0 atom stereocenters. The van der Waals surface area contributed by atoms with Crippen molar-refractivity contribution >= 4 is 17.5 Å². The van der Waals surface area contributed by atoms with Crippen molar-refractivity contribution in [2.75, 3.05) is 31.6 Å². The molecular weight excluding hydrogens is 518 g/mol. The lowest BCUT2D eigenvalue weighted by Crippen LogP contribution is -2.57. The molecule has 2 amide bonds. The standard InChI is InChI=1S/C29H30F2N6O3/c1-36-16-28(12-25(36)38)17-37(18-28)21-5-2-19(3-6-21)13-33-27(39)29(10-11-29)23-8-9-24(35-34-23)40-15-20-4-7-22(26(30)31)32-14-20/h2-9,14,26H,10-13,15-18H2,1H3,(H,33,39). The first-order valence-corrected chi connectivity index (χ1v) is 13.3. The molecule has 1 spiro atoms. The number of rotatable bonds is 9. The Kier molecular flexibility index (Phi) is 6.59. The number of carbonyl (C=O) groups excluding carboxylic acids is 2. The van der Waals surface area contributed by atoms with Crippen LogP contribution in [0.15, 0.2) is 54.7 Å². The molecule has 2 aliphatic heterocycles. The lowest BCUT2D eigenvalue weighted by Gasteiger charge is -2.48. The molecule has 1 N–H and O–H groups in total. The van der Waals surface area contributed by atoms with Gasteiger partial charge in [-0.15, -0.1) is 5.10 Å². The summed E-state index contributed by atoms with van der Waals surface area (Å²) in [5, 5.41) is 11.4. The van der Waals surface area contributed by atoms with Crippen molar-refractivity contribution < 1.29 is 23.1 Å². The van der Waals surface area contributed by atoms with E-state index in [4.69, 9.17) is 4.74 Å². The predicted molar refractivity (Wildman–Crippen MR) is 142 cm³/mol. The summed E-state index contributed by atoms with van der Waals surface area (Å²) in [5.41, 5.74) is 2.48. The van der Waals surface area contributed by atoms with Gasteiger partial charge in [-0.3, -0.25) is 14.6 Å². The minimum atomic E-state index is -2.61. The number of amides is 2. The van der Waals surface area contributed by atoms with E-state index in [-0.39, 0.29) is 35.4 Å². The zero-order valence-corrected chi connectivity index (χ0v) is 22.1. The topological polar surface area (TPSA) is 101 Å². The van der Waals surface area contributed by atoms with Crippen LogP contribution in [0.1, 0.15) is 48.2 Å². The Morgan fingerprint density at radius 1 is 1.02 bits per heavy atom. The third kappa shape index (κ3) is 5.07. The van der Waals surface area contributed by atoms with Crippen LogP contribution in [0.25, 0.3) is 0 Å². The van der Waals surface area contributed by atoms with Crippen molar-refractivity contribution in [3.63, 3.8) is 0 Å². The molecule has 2 aromatic heterocycles. The fourth-order valence-electron chi connectivity index (χ4n) is 5.62. The van der Waals surface area contributed by atoms with Crippen LogP contribution in [0, 0.1) is 5.41 Å². The van der Waals surface area contributed by atoms with Crippen molar-refractivity contribution in [3.05, 3.63) is 77.2 Å². The van der Waals surface area contributed by atoms with Crippen LogP contribution in [0.2, 0.25) is 0 Å². The van der Waals surface area contributed by atoms with E-state index >= 15 is 0 Å². The molecule has 6 rings (SSSR count). The van der Waals surface area contributed by atoms with Gasteiger partial charge in [-0.05, 0) is 42.7 Å². The van der Waals surface area contributed by atoms with Gasteiger partial charge in [-0.25, -0.2) is 8.78 Å². The second kappa shape index (κ2) is 10.1. The van der Waals surface area contributed by atoms with Crippen LogP contribution in [0.4, 0.5) is 14.5 Å². The van der Waals surface area contributed by atoms with Gasteiger partial charge in [-0.1, -0.05) is 18.2 Å². The van der Waals surface area contributed by atoms with Gasteiger partial charge >= 0.3 is 0 Å². The van der Waals surface area contributed by atoms with Crippen LogP contribution in [0.3, 0.4) is 0 Å². The van der Waals surface area contributed by atoms with Gasteiger partial charge in [0.25, 0.3) is 6.43 Å². The average Bonchev–Trinajstić information content (AvgIpc) is 3.70. The molecular formula is C29H30F2N6O3. The normalized spacial score (nSPS) is 18.6. The van der Waals surface area contributed by atoms with Gasteiger partial charge < -0.3 is 19.9 Å². The molecule has 9 nitrogen and oxygen atoms in total. The molecule has 1 saturated carbocycles. The second-order valence-corrected chi connectivity index (χ2v) is 11.2. The number of hydrogen-bond acceptors (Lipinski definition) is 7. The number of anilines is 1. The number of hydrogen-bond donors (Lipinski definition) is 1. The highest BCUT2D eigenvalue weighted by Crippen LogP contribution is 2.47. The van der Waals surface area contributed by atoms with Gasteiger partial charge in [0.15, 0.2) is 0 Å². The molecule has 0 radical (unpaired) electrons. The zero-order valence-electron chi connectivity index (χ0n) is 22.1. The number of pyridine rings is 1. The van der Waals surface area contributed by atoms with Crippen LogP contribution >= 0.6 is 0 Å². The van der Waals surface area contributed by atoms with E-state index in [0.29, 0.717) is 37.1 Å². The van der Waals surface area contributed by atoms with E-state index in [1.807, 2.05) is 24.1 Å². The van der Waals surface area contributed by atoms with Gasteiger partial charge in [0.05, 0.1) is 11.1 Å². The van der Waals surface area contributed by atoms with Crippen molar-refractivity contribution in [2.24, 2.45) is 5.41 Å². The van der Waals surface area contributed by atoms with Crippen molar-refractivity contribution in [3.8, 4) is 5.88 Å². The van der Waals surface area contributed by atoms with Crippen LogP contribution in [-0.2, 0) is 28.2 Å². The van der Waals surface area contributed by atoms with E-state index in [1.165, 1.54) is 18.3 Å². The Bertz CT molecular complexity index is 1390. The molecule has 0 unspecified atom stereocenters. The van der Waals surface area contributed by atoms with E-state index < -0.39 is 11.8 Å². The second-order valence-electron chi connectivity index (χ2n) is 11.2. The first kappa shape index (κ1) is 26.1. The quantitative estimate of drug-likeness (QED) is 0.438. The summed E-state index contributed by atoms with van der Waals surface area (Å²) in [5.74, 6) is 0.423. The Morgan fingerprint density at radius 3 is 2.35 bits per heavy atom. The van der Waals surface area contributed by atoms with Crippen molar-refractivity contribution in [1.82, 2.24) is 25.4 Å². The van der Waals surface area contributed by atoms with E-state index in [9.17, 15) is 18.4 Å². The fraction of sp³-hybridized carbons (Fsp3) is 0.414. The number of nitrogens with one attached hydrogen (secondary N) is 1. The molecule has 1 aliphatic carbocycles. The summed E-state index contributed by atoms with van der Waals surface area (Å²) >= 11 is 0. The predicted octanol–water partition coefficient (Wildman–Crippen LogP) is 3.40. The van der Waals surface area contributed by atoms with Gasteiger partial charge in [0, 0.05) is 68.6 Å². The summed E-state index contributed by atoms with van der Waals surface area (Å²) < 4.78 is 30.9.